The summed E-state index contributed by atoms with van der Waals surface area (Å²) in [6.45, 7) is 3.19. The van der Waals surface area contributed by atoms with E-state index in [0.717, 1.165) is 17.7 Å². The van der Waals surface area contributed by atoms with Gasteiger partial charge in [0.2, 0.25) is 0 Å². The molecule has 1 N–H and O–H groups in total. The number of carbonyl (C=O) groups is 1. The third-order valence-electron chi connectivity index (χ3n) is 5.15. The molecule has 1 aliphatic rings. The lowest BCUT2D eigenvalue weighted by molar-refractivity contribution is -0.122. The van der Waals surface area contributed by atoms with E-state index >= 15 is 0 Å². The number of methoxy groups -OCH3 is 1. The third-order valence-corrected chi connectivity index (χ3v) is 5.47. The maximum Gasteiger partial charge on any atom is 0.276 e. The lowest BCUT2D eigenvalue weighted by Gasteiger charge is -2.12. The van der Waals surface area contributed by atoms with Gasteiger partial charge in [0.05, 0.1) is 19.9 Å². The zero-order chi connectivity index (χ0) is 23.4. The molecule has 33 heavy (non-hydrogen) atoms. The maximum absolute atomic E-state index is 13.9. The van der Waals surface area contributed by atoms with Crippen molar-refractivity contribution in [3.8, 4) is 11.5 Å². The third kappa shape index (κ3) is 5.04. The van der Waals surface area contributed by atoms with Crippen molar-refractivity contribution in [1.82, 2.24) is 20.0 Å². The normalized spacial score (nSPS) is 14.6. The molecule has 4 rings (SSSR count). The van der Waals surface area contributed by atoms with Crippen molar-refractivity contribution < 1.29 is 18.7 Å². The van der Waals surface area contributed by atoms with E-state index in [-0.39, 0.29) is 18.3 Å². The van der Waals surface area contributed by atoms with Crippen molar-refractivity contribution in [2.24, 2.45) is 0 Å². The van der Waals surface area contributed by atoms with Crippen LogP contribution in [0.25, 0.3) is 6.08 Å². The van der Waals surface area contributed by atoms with Crippen LogP contribution < -0.4 is 14.8 Å². The minimum Gasteiger partial charge on any atom is -0.496 e. The lowest BCUT2D eigenvalue weighted by Crippen LogP contribution is -2.29. The second-order valence-corrected chi connectivity index (χ2v) is 7.76. The zero-order valence-corrected chi connectivity index (χ0v) is 19.1. The molecule has 7 nitrogen and oxygen atoms in total. The highest BCUT2D eigenvalue weighted by Gasteiger charge is 2.31. The monoisotopic (exact) mass is 466 g/mol. The van der Waals surface area contributed by atoms with Crippen LogP contribution in [0.3, 0.4) is 0 Å². The van der Waals surface area contributed by atoms with Crippen molar-refractivity contribution >= 4 is 29.3 Å². The Morgan fingerprint density at radius 1 is 1.21 bits per heavy atom. The van der Waals surface area contributed by atoms with Gasteiger partial charge in [-0.1, -0.05) is 18.2 Å². The fourth-order valence-corrected chi connectivity index (χ4v) is 3.70. The Balaban J connectivity index is 1.52. The molecule has 1 fully saturated rings. The van der Waals surface area contributed by atoms with Crippen LogP contribution >= 0.6 is 12.2 Å². The van der Waals surface area contributed by atoms with Gasteiger partial charge in [0, 0.05) is 23.9 Å². The molecule has 3 aromatic rings. The average molecular weight is 467 g/mol. The number of ether oxygens (including phenoxy) is 2. The average Bonchev–Trinajstić information content (AvgIpc) is 3.38. The number of amides is 1. The van der Waals surface area contributed by atoms with E-state index < -0.39 is 5.82 Å². The molecule has 1 aromatic heterocycles. The number of hydrogen-bond donors (Lipinski definition) is 1. The van der Waals surface area contributed by atoms with Gasteiger partial charge in [-0.25, -0.2) is 4.39 Å². The standard InChI is InChI=1S/C24H23FN4O3S/c1-3-28-13-17(12-26-28)14-29-23(30)20(27-24(29)33)11-16-8-9-21(31-2)18(10-16)15-32-22-7-5-4-6-19(22)25/h4-13H,3,14-15H2,1-2H3,(H,27,33)/b20-11+. The molecule has 2 aromatic carbocycles. The Hall–Kier alpha value is -3.72. The Morgan fingerprint density at radius 3 is 2.76 bits per heavy atom. The summed E-state index contributed by atoms with van der Waals surface area (Å²) in [5.74, 6) is 0.102. The quantitative estimate of drug-likeness (QED) is 0.401. The molecule has 1 saturated heterocycles. The van der Waals surface area contributed by atoms with Crippen molar-refractivity contribution in [2.75, 3.05) is 7.11 Å². The number of aryl methyl sites for hydroxylation is 1. The molecule has 170 valence electrons. The number of nitrogens with zero attached hydrogens (tertiary/aromatic N) is 3. The number of carbonyl (C=O) groups excluding carboxylic acids is 1. The van der Waals surface area contributed by atoms with E-state index in [2.05, 4.69) is 10.4 Å². The molecule has 0 radical (unpaired) electrons. The highest BCUT2D eigenvalue weighted by Crippen LogP contribution is 2.25. The van der Waals surface area contributed by atoms with E-state index in [9.17, 15) is 9.18 Å². The van der Waals surface area contributed by atoms with Crippen molar-refractivity contribution in [3.63, 3.8) is 0 Å². The predicted molar refractivity (Wildman–Crippen MR) is 126 cm³/mol. The Labute approximate surface area is 196 Å². The Morgan fingerprint density at radius 2 is 2.03 bits per heavy atom. The smallest absolute Gasteiger partial charge is 0.276 e. The Kier molecular flexibility index (Phi) is 6.69. The highest BCUT2D eigenvalue weighted by atomic mass is 32.1. The number of para-hydroxylation sites is 1. The van der Waals surface area contributed by atoms with Gasteiger partial charge in [0.15, 0.2) is 16.7 Å². The molecule has 0 aliphatic carbocycles. The van der Waals surface area contributed by atoms with Gasteiger partial charge < -0.3 is 14.8 Å². The van der Waals surface area contributed by atoms with Gasteiger partial charge in [0.1, 0.15) is 18.1 Å². The van der Waals surface area contributed by atoms with Gasteiger partial charge in [-0.3, -0.25) is 14.4 Å². The highest BCUT2D eigenvalue weighted by molar-refractivity contribution is 7.80. The minimum atomic E-state index is -0.437. The van der Waals surface area contributed by atoms with E-state index in [1.807, 2.05) is 25.3 Å². The van der Waals surface area contributed by atoms with Crippen molar-refractivity contribution in [3.05, 3.63) is 83.1 Å². The van der Waals surface area contributed by atoms with Crippen LogP contribution in [0.1, 0.15) is 23.6 Å². The first-order valence-corrected chi connectivity index (χ1v) is 10.8. The summed E-state index contributed by atoms with van der Waals surface area (Å²) in [7, 11) is 1.55. The minimum absolute atomic E-state index is 0.106. The van der Waals surface area contributed by atoms with E-state index in [0.29, 0.717) is 28.7 Å². The number of aromatic nitrogens is 2. The molecule has 1 aliphatic heterocycles. The SMILES string of the molecule is CCn1cc(CN2C(=O)/C(=C\c3ccc(OC)c(COc4ccccc4F)c3)NC2=S)cn1. The van der Waals surface area contributed by atoms with Crippen LogP contribution in [0, 0.1) is 5.82 Å². The Bertz CT molecular complexity index is 1220. The summed E-state index contributed by atoms with van der Waals surface area (Å²) in [5, 5.41) is 7.56. The first kappa shape index (κ1) is 22.5. The molecule has 2 heterocycles. The molecule has 0 saturated carbocycles. The maximum atomic E-state index is 13.9. The number of thiocarbonyl (C=S) groups is 1. The fraction of sp³-hybridized carbons (Fsp3) is 0.208. The first-order chi connectivity index (χ1) is 16.0. The molecule has 0 unspecified atom stereocenters. The molecule has 0 atom stereocenters. The molecule has 1 amide bonds. The molecule has 0 bridgehead atoms. The second-order valence-electron chi connectivity index (χ2n) is 7.37. The van der Waals surface area contributed by atoms with Crippen LogP contribution in [0.2, 0.25) is 0 Å². The largest absolute Gasteiger partial charge is 0.496 e. The number of benzene rings is 2. The van der Waals surface area contributed by atoms with Gasteiger partial charge in [-0.2, -0.15) is 5.10 Å². The van der Waals surface area contributed by atoms with Gasteiger partial charge in [0.25, 0.3) is 5.91 Å². The molecular formula is C24H23FN4O3S. The molecule has 0 spiro atoms. The van der Waals surface area contributed by atoms with Crippen molar-refractivity contribution in [1.29, 1.82) is 0 Å². The first-order valence-electron chi connectivity index (χ1n) is 10.4. The number of rotatable bonds is 8. The summed E-state index contributed by atoms with van der Waals surface area (Å²) < 4.78 is 26.7. The van der Waals surface area contributed by atoms with Crippen LogP contribution in [0.4, 0.5) is 4.39 Å². The number of hydrogen-bond acceptors (Lipinski definition) is 5. The van der Waals surface area contributed by atoms with Crippen molar-refractivity contribution in [2.45, 2.75) is 26.6 Å². The summed E-state index contributed by atoms with van der Waals surface area (Å²) in [4.78, 5) is 14.5. The lowest BCUT2D eigenvalue weighted by atomic mass is 10.1. The number of halogens is 1. The van der Waals surface area contributed by atoms with E-state index in [1.54, 1.807) is 48.3 Å². The number of nitrogens with one attached hydrogen (secondary N) is 1. The second kappa shape index (κ2) is 9.83. The zero-order valence-electron chi connectivity index (χ0n) is 18.2. The topological polar surface area (TPSA) is 68.6 Å². The van der Waals surface area contributed by atoms with Gasteiger partial charge >= 0.3 is 0 Å². The summed E-state index contributed by atoms with van der Waals surface area (Å²) in [5.41, 5.74) is 2.73. The van der Waals surface area contributed by atoms with Gasteiger partial charge in [-0.15, -0.1) is 0 Å². The predicted octanol–water partition coefficient (Wildman–Crippen LogP) is 3.89. The van der Waals surface area contributed by atoms with Crippen LogP contribution in [-0.2, 0) is 24.5 Å². The molecular weight excluding hydrogens is 443 g/mol. The van der Waals surface area contributed by atoms with Crippen LogP contribution in [-0.4, -0.2) is 32.8 Å². The molecule has 9 heteroatoms. The van der Waals surface area contributed by atoms with Crippen LogP contribution in [0.5, 0.6) is 11.5 Å². The summed E-state index contributed by atoms with van der Waals surface area (Å²) >= 11 is 5.37. The summed E-state index contributed by atoms with van der Waals surface area (Å²) in [6.07, 6.45) is 5.34. The fourth-order valence-electron chi connectivity index (χ4n) is 3.44. The van der Waals surface area contributed by atoms with Gasteiger partial charge in [-0.05, 0) is 55.0 Å². The summed E-state index contributed by atoms with van der Waals surface area (Å²) in [6, 6.07) is 11.6. The van der Waals surface area contributed by atoms with E-state index in [1.165, 1.54) is 11.0 Å². The van der Waals surface area contributed by atoms with E-state index in [4.69, 9.17) is 21.7 Å². The van der Waals surface area contributed by atoms with Crippen LogP contribution in [0.15, 0.2) is 60.6 Å².